The Bertz CT molecular complexity index is 1000. The normalized spacial score (nSPS) is 15.8. The number of hydrogen-bond acceptors (Lipinski definition) is 6. The molecule has 0 fully saturated rings. The van der Waals surface area contributed by atoms with E-state index < -0.39 is 18.0 Å². The Morgan fingerprint density at radius 2 is 1.67 bits per heavy atom. The average molecular weight is 433 g/mol. The van der Waals surface area contributed by atoms with Crippen molar-refractivity contribution in [1.82, 2.24) is 10.6 Å². The maximum absolute atomic E-state index is 12.8. The fraction of sp³-hybridized carbons (Fsp3) is 0.238. The molecule has 0 saturated heterocycles. The van der Waals surface area contributed by atoms with Crippen LogP contribution < -0.4 is 24.8 Å². The predicted molar refractivity (Wildman–Crippen MR) is 111 cm³/mol. The van der Waals surface area contributed by atoms with Gasteiger partial charge in [-0.1, -0.05) is 17.7 Å². The summed E-state index contributed by atoms with van der Waals surface area (Å²) in [6.07, 6.45) is 0. The number of urea groups is 1. The van der Waals surface area contributed by atoms with Crippen LogP contribution in [0.1, 0.15) is 17.2 Å². The standard InChI is InChI=1S/C21H21ClN2O6/c1-27-12-7-5-11(6-8-12)17-15(20(25)30-4)18(24-21(26)23-17)13-9-10-14(28-2)19(29-3)16(13)22/h5-10,18H,1-4H3,(H2,23,24,26). The molecule has 2 amide bonds. The molecule has 1 atom stereocenters. The third kappa shape index (κ3) is 3.86. The Kier molecular flexibility index (Phi) is 6.37. The number of amides is 2. The second-order valence-electron chi connectivity index (χ2n) is 6.24. The van der Waals surface area contributed by atoms with Gasteiger partial charge in [-0.05, 0) is 35.9 Å². The Morgan fingerprint density at radius 3 is 2.23 bits per heavy atom. The Balaban J connectivity index is 2.22. The van der Waals surface area contributed by atoms with E-state index in [1.165, 1.54) is 21.3 Å². The molecule has 1 aliphatic rings. The van der Waals surface area contributed by atoms with E-state index in [1.54, 1.807) is 43.5 Å². The number of rotatable bonds is 6. The number of methoxy groups -OCH3 is 4. The molecule has 9 heteroatoms. The lowest BCUT2D eigenvalue weighted by Gasteiger charge is -2.30. The molecule has 0 radical (unpaired) electrons. The molecule has 1 aliphatic heterocycles. The second kappa shape index (κ2) is 8.96. The zero-order chi connectivity index (χ0) is 21.8. The number of nitrogens with one attached hydrogen (secondary N) is 2. The van der Waals surface area contributed by atoms with Gasteiger partial charge in [0.1, 0.15) is 5.75 Å². The summed E-state index contributed by atoms with van der Waals surface area (Å²) in [5, 5.41) is 5.64. The van der Waals surface area contributed by atoms with E-state index >= 15 is 0 Å². The van der Waals surface area contributed by atoms with Crippen LogP contribution in [0.3, 0.4) is 0 Å². The first-order valence-electron chi connectivity index (χ1n) is 8.89. The highest BCUT2D eigenvalue weighted by atomic mass is 35.5. The summed E-state index contributed by atoms with van der Waals surface area (Å²) in [5.74, 6) is 0.730. The molecule has 30 heavy (non-hydrogen) atoms. The van der Waals surface area contributed by atoms with Crippen LogP contribution in [0.15, 0.2) is 42.0 Å². The molecule has 2 aromatic carbocycles. The van der Waals surface area contributed by atoms with Crippen molar-refractivity contribution in [3.05, 3.63) is 58.1 Å². The minimum Gasteiger partial charge on any atom is -0.497 e. The number of carbonyl (C=O) groups is 2. The zero-order valence-corrected chi connectivity index (χ0v) is 17.6. The summed E-state index contributed by atoms with van der Waals surface area (Å²) in [4.78, 5) is 25.2. The van der Waals surface area contributed by atoms with Crippen molar-refractivity contribution in [1.29, 1.82) is 0 Å². The SMILES string of the molecule is COC(=O)C1=C(c2ccc(OC)cc2)NC(=O)NC1c1ccc(OC)c(OC)c1Cl. The highest BCUT2D eigenvalue weighted by Gasteiger charge is 2.36. The highest BCUT2D eigenvalue weighted by molar-refractivity contribution is 6.33. The smallest absolute Gasteiger partial charge is 0.338 e. The quantitative estimate of drug-likeness (QED) is 0.680. The van der Waals surface area contributed by atoms with E-state index in [4.69, 9.17) is 30.5 Å². The first kappa shape index (κ1) is 21.3. The van der Waals surface area contributed by atoms with E-state index in [0.717, 1.165) is 0 Å². The molecule has 1 unspecified atom stereocenters. The number of esters is 1. The van der Waals surface area contributed by atoms with Crippen LogP contribution in [-0.4, -0.2) is 40.4 Å². The summed E-state index contributed by atoms with van der Waals surface area (Å²) in [7, 11) is 5.76. The third-order valence-corrected chi connectivity index (χ3v) is 5.07. The van der Waals surface area contributed by atoms with Crippen LogP contribution in [0.4, 0.5) is 4.79 Å². The molecule has 0 saturated carbocycles. The third-order valence-electron chi connectivity index (χ3n) is 4.68. The van der Waals surface area contributed by atoms with Gasteiger partial charge in [0, 0.05) is 5.56 Å². The molecule has 0 aliphatic carbocycles. The Labute approximate surface area is 178 Å². The minimum absolute atomic E-state index is 0.191. The van der Waals surface area contributed by atoms with E-state index in [0.29, 0.717) is 34.1 Å². The first-order chi connectivity index (χ1) is 14.4. The van der Waals surface area contributed by atoms with Gasteiger partial charge in [-0.15, -0.1) is 0 Å². The van der Waals surface area contributed by atoms with Crippen LogP contribution in [-0.2, 0) is 9.53 Å². The first-order valence-corrected chi connectivity index (χ1v) is 9.27. The predicted octanol–water partition coefficient (Wildman–Crippen LogP) is 3.30. The minimum atomic E-state index is -0.879. The fourth-order valence-electron chi connectivity index (χ4n) is 3.24. The van der Waals surface area contributed by atoms with Crippen molar-refractivity contribution in [2.45, 2.75) is 6.04 Å². The number of ether oxygens (including phenoxy) is 4. The van der Waals surface area contributed by atoms with Crippen LogP contribution in [0.2, 0.25) is 5.02 Å². The van der Waals surface area contributed by atoms with Gasteiger partial charge >= 0.3 is 12.0 Å². The molecule has 3 rings (SSSR count). The van der Waals surface area contributed by atoms with E-state index in [-0.39, 0.29) is 10.6 Å². The maximum atomic E-state index is 12.8. The topological polar surface area (TPSA) is 95.1 Å². The van der Waals surface area contributed by atoms with Crippen molar-refractivity contribution in [3.63, 3.8) is 0 Å². The summed E-state index contributed by atoms with van der Waals surface area (Å²) in [6.45, 7) is 0. The van der Waals surface area contributed by atoms with Crippen molar-refractivity contribution in [3.8, 4) is 17.2 Å². The molecule has 0 spiro atoms. The number of benzene rings is 2. The summed E-state index contributed by atoms with van der Waals surface area (Å²) >= 11 is 6.55. The second-order valence-corrected chi connectivity index (χ2v) is 6.62. The highest BCUT2D eigenvalue weighted by Crippen LogP contribution is 2.43. The largest absolute Gasteiger partial charge is 0.497 e. The van der Waals surface area contributed by atoms with Gasteiger partial charge in [0.15, 0.2) is 11.5 Å². The van der Waals surface area contributed by atoms with Gasteiger partial charge in [0.25, 0.3) is 0 Å². The molecule has 2 N–H and O–H groups in total. The summed E-state index contributed by atoms with van der Waals surface area (Å²) in [6, 6.07) is 8.85. The lowest BCUT2D eigenvalue weighted by atomic mass is 9.92. The van der Waals surface area contributed by atoms with Crippen molar-refractivity contribution >= 4 is 29.3 Å². The molecular formula is C21H21ClN2O6. The number of carbonyl (C=O) groups excluding carboxylic acids is 2. The van der Waals surface area contributed by atoms with E-state index in [1.807, 2.05) is 0 Å². The van der Waals surface area contributed by atoms with E-state index in [9.17, 15) is 9.59 Å². The van der Waals surface area contributed by atoms with Crippen LogP contribution >= 0.6 is 11.6 Å². The van der Waals surface area contributed by atoms with Crippen molar-refractivity contribution in [2.24, 2.45) is 0 Å². The lowest BCUT2D eigenvalue weighted by Crippen LogP contribution is -2.45. The molecule has 1 heterocycles. The fourth-order valence-corrected chi connectivity index (χ4v) is 3.58. The Hall–Kier alpha value is -3.39. The van der Waals surface area contributed by atoms with Crippen LogP contribution in [0.5, 0.6) is 17.2 Å². The monoisotopic (exact) mass is 432 g/mol. The van der Waals surface area contributed by atoms with Gasteiger partial charge in [0.2, 0.25) is 0 Å². The van der Waals surface area contributed by atoms with Crippen LogP contribution in [0.25, 0.3) is 5.70 Å². The van der Waals surface area contributed by atoms with Crippen LogP contribution in [0, 0.1) is 0 Å². The number of halogens is 1. The number of hydrogen-bond donors (Lipinski definition) is 2. The van der Waals surface area contributed by atoms with Gasteiger partial charge in [0.05, 0.1) is 50.8 Å². The average Bonchev–Trinajstić information content (AvgIpc) is 2.77. The maximum Gasteiger partial charge on any atom is 0.338 e. The molecule has 0 aromatic heterocycles. The molecule has 158 valence electrons. The van der Waals surface area contributed by atoms with E-state index in [2.05, 4.69) is 10.6 Å². The summed E-state index contributed by atoms with van der Waals surface area (Å²) < 4.78 is 20.8. The van der Waals surface area contributed by atoms with Gasteiger partial charge in [-0.2, -0.15) is 0 Å². The van der Waals surface area contributed by atoms with Gasteiger partial charge < -0.3 is 29.6 Å². The van der Waals surface area contributed by atoms with Crippen molar-refractivity contribution in [2.75, 3.05) is 28.4 Å². The molecule has 0 bridgehead atoms. The van der Waals surface area contributed by atoms with Crippen molar-refractivity contribution < 1.29 is 28.5 Å². The zero-order valence-electron chi connectivity index (χ0n) is 16.9. The lowest BCUT2D eigenvalue weighted by molar-refractivity contribution is -0.136. The Morgan fingerprint density at radius 1 is 0.967 bits per heavy atom. The molecular weight excluding hydrogens is 412 g/mol. The van der Waals surface area contributed by atoms with Gasteiger partial charge in [-0.25, -0.2) is 9.59 Å². The molecule has 8 nitrogen and oxygen atoms in total. The molecule has 2 aromatic rings. The summed E-state index contributed by atoms with van der Waals surface area (Å²) in [5.41, 5.74) is 1.56. The van der Waals surface area contributed by atoms with Gasteiger partial charge in [-0.3, -0.25) is 0 Å².